The lowest BCUT2D eigenvalue weighted by Gasteiger charge is -2.29. The van der Waals surface area contributed by atoms with Crippen molar-refractivity contribution in [2.75, 3.05) is 6.54 Å². The highest BCUT2D eigenvalue weighted by Gasteiger charge is 2.33. The lowest BCUT2D eigenvalue weighted by atomic mass is 9.95. The molecule has 0 aliphatic carbocycles. The van der Waals surface area contributed by atoms with Crippen LogP contribution in [0.4, 0.5) is 0 Å². The number of carbonyl (C=O) groups is 6. The van der Waals surface area contributed by atoms with E-state index >= 15 is 0 Å². The van der Waals surface area contributed by atoms with E-state index in [0.717, 1.165) is 0 Å². The Balaban J connectivity index is 5.94. The van der Waals surface area contributed by atoms with Crippen molar-refractivity contribution in [3.8, 4) is 0 Å². The molecule has 0 radical (unpaired) electrons. The van der Waals surface area contributed by atoms with Crippen LogP contribution in [0.5, 0.6) is 0 Å². The van der Waals surface area contributed by atoms with Gasteiger partial charge in [0.2, 0.25) is 29.5 Å². The number of hydrogen-bond acceptors (Lipinski definition) is 8. The molecule has 15 heteroatoms. The maximum absolute atomic E-state index is 13.5. The molecule has 0 aliphatic rings. The van der Waals surface area contributed by atoms with E-state index in [4.69, 9.17) is 22.9 Å². The van der Waals surface area contributed by atoms with Crippen LogP contribution in [0.25, 0.3) is 0 Å². The van der Waals surface area contributed by atoms with E-state index < -0.39 is 66.2 Å². The fourth-order valence-electron chi connectivity index (χ4n) is 4.22. The molecule has 0 spiro atoms. The first kappa shape index (κ1) is 39.2. The van der Waals surface area contributed by atoms with Crippen molar-refractivity contribution in [2.24, 2.45) is 45.7 Å². The van der Waals surface area contributed by atoms with Crippen LogP contribution in [0.15, 0.2) is 4.99 Å². The smallest absolute Gasteiger partial charge is 0.243 e. The number of nitrogens with one attached hydrogen (secondary N) is 4. The first-order valence-corrected chi connectivity index (χ1v) is 14.8. The Morgan fingerprint density at radius 1 is 0.767 bits per heavy atom. The van der Waals surface area contributed by atoms with Gasteiger partial charge in [-0.3, -0.25) is 29.0 Å². The topological polar surface area (TPSA) is 267 Å². The van der Waals surface area contributed by atoms with Crippen LogP contribution >= 0.6 is 0 Å². The molecule has 0 saturated carbocycles. The Morgan fingerprint density at radius 2 is 1.33 bits per heavy atom. The van der Waals surface area contributed by atoms with Crippen molar-refractivity contribution < 1.29 is 28.8 Å². The predicted molar refractivity (Wildman–Crippen MR) is 164 cm³/mol. The molecule has 0 aromatic heterocycles. The van der Waals surface area contributed by atoms with Gasteiger partial charge in [0.05, 0.1) is 18.5 Å². The lowest BCUT2D eigenvalue weighted by molar-refractivity contribution is -0.135. The Kier molecular flexibility index (Phi) is 18.4. The summed E-state index contributed by atoms with van der Waals surface area (Å²) < 4.78 is 0. The number of carbonyl (C=O) groups excluding carboxylic acids is 6. The van der Waals surface area contributed by atoms with Crippen molar-refractivity contribution in [3.63, 3.8) is 0 Å². The largest absolute Gasteiger partial charge is 0.370 e. The van der Waals surface area contributed by atoms with Gasteiger partial charge < -0.3 is 49.0 Å². The summed E-state index contributed by atoms with van der Waals surface area (Å²) >= 11 is 0. The highest BCUT2D eigenvalue weighted by molar-refractivity contribution is 5.95. The van der Waals surface area contributed by atoms with E-state index in [-0.39, 0.29) is 43.1 Å². The second-order valence-electron chi connectivity index (χ2n) is 11.7. The van der Waals surface area contributed by atoms with Crippen molar-refractivity contribution in [2.45, 2.75) is 110 Å². The van der Waals surface area contributed by atoms with Gasteiger partial charge in [0, 0.05) is 6.54 Å². The maximum atomic E-state index is 13.5. The predicted octanol–water partition coefficient (Wildman–Crippen LogP) is -1.48. The van der Waals surface area contributed by atoms with E-state index in [1.807, 2.05) is 34.6 Å². The van der Waals surface area contributed by atoms with Crippen molar-refractivity contribution in [3.05, 3.63) is 0 Å². The highest BCUT2D eigenvalue weighted by Crippen LogP contribution is 2.13. The average molecular weight is 612 g/mol. The molecule has 0 fully saturated rings. The number of hydrogen-bond donors (Lipinski definition) is 8. The number of aliphatic imine (C=N–C) groups is 1. The molecule has 0 rings (SSSR count). The monoisotopic (exact) mass is 611 g/mol. The highest BCUT2D eigenvalue weighted by atomic mass is 16.2. The standard InChI is InChI=1S/C28H53N9O6/c1-7-17(6)23(27(43)34-18(14-38)11-15(2)3)37-26(42)21(12-16(4)5)36-25(41)20(9-8-10-33-28(31)32)35-24(40)19(29)13-22(30)39/h14-21,23H,7-13,29H2,1-6H3,(H2,30,39)(H,34,43)(H,35,40)(H,36,41)(H,37,42)(H4,31,32,33)/t17-,18-,19-,20-,21-,23-/m0/s1. The van der Waals surface area contributed by atoms with Crippen LogP contribution in [0.1, 0.15) is 80.1 Å². The first-order valence-electron chi connectivity index (χ1n) is 14.8. The number of amides is 5. The molecular weight excluding hydrogens is 558 g/mol. The molecule has 0 aromatic carbocycles. The number of nitrogens with zero attached hydrogens (tertiary/aromatic N) is 1. The van der Waals surface area contributed by atoms with Crippen molar-refractivity contribution in [1.82, 2.24) is 21.3 Å². The summed E-state index contributed by atoms with van der Waals surface area (Å²) in [5.74, 6) is -3.60. The summed E-state index contributed by atoms with van der Waals surface area (Å²) in [7, 11) is 0. The van der Waals surface area contributed by atoms with Gasteiger partial charge in [-0.05, 0) is 43.4 Å². The minimum absolute atomic E-state index is 0.0312. The van der Waals surface area contributed by atoms with Gasteiger partial charge >= 0.3 is 0 Å². The quantitative estimate of drug-likeness (QED) is 0.0325. The number of nitrogens with two attached hydrogens (primary N) is 4. The molecule has 43 heavy (non-hydrogen) atoms. The summed E-state index contributed by atoms with van der Waals surface area (Å²) in [6.45, 7) is 11.4. The third kappa shape index (κ3) is 16.5. The van der Waals surface area contributed by atoms with Crippen LogP contribution in [0.3, 0.4) is 0 Å². The Morgan fingerprint density at radius 3 is 1.81 bits per heavy atom. The normalized spacial score (nSPS) is 15.3. The van der Waals surface area contributed by atoms with Crippen LogP contribution in [-0.2, 0) is 28.8 Å². The first-order chi connectivity index (χ1) is 20.0. The van der Waals surface area contributed by atoms with Gasteiger partial charge in [-0.2, -0.15) is 0 Å². The minimum Gasteiger partial charge on any atom is -0.370 e. The third-order valence-corrected chi connectivity index (χ3v) is 6.69. The average Bonchev–Trinajstić information content (AvgIpc) is 2.90. The SMILES string of the molecule is CC[C@H](C)[C@H](NC(=O)[C@H](CC(C)C)NC(=O)[C@H](CCCN=C(N)N)NC(=O)[C@@H](N)CC(N)=O)C(=O)N[C@H](C=O)CC(C)C. The molecule has 6 atom stereocenters. The fraction of sp³-hybridized carbons (Fsp3) is 0.750. The van der Waals surface area contributed by atoms with E-state index in [0.29, 0.717) is 25.5 Å². The number of primary amides is 1. The zero-order valence-electron chi connectivity index (χ0n) is 26.4. The molecular formula is C28H53N9O6. The van der Waals surface area contributed by atoms with Gasteiger partial charge in [-0.1, -0.05) is 48.0 Å². The zero-order valence-corrected chi connectivity index (χ0v) is 26.4. The summed E-state index contributed by atoms with van der Waals surface area (Å²) in [6.07, 6.45) is 1.88. The third-order valence-electron chi connectivity index (χ3n) is 6.69. The second-order valence-corrected chi connectivity index (χ2v) is 11.7. The number of aldehydes is 1. The maximum Gasteiger partial charge on any atom is 0.243 e. The molecule has 15 nitrogen and oxygen atoms in total. The number of guanidine groups is 1. The fourth-order valence-corrected chi connectivity index (χ4v) is 4.22. The molecule has 5 amide bonds. The van der Waals surface area contributed by atoms with Gasteiger partial charge in [0.1, 0.15) is 24.4 Å². The Labute approximate surface area is 254 Å². The van der Waals surface area contributed by atoms with Crippen LogP contribution in [0.2, 0.25) is 0 Å². The second kappa shape index (κ2) is 20.2. The van der Waals surface area contributed by atoms with Crippen molar-refractivity contribution in [1.29, 1.82) is 0 Å². The molecule has 0 saturated heterocycles. The van der Waals surface area contributed by atoms with Crippen LogP contribution in [-0.4, -0.2) is 78.5 Å². The van der Waals surface area contributed by atoms with Gasteiger partial charge in [0.15, 0.2) is 5.96 Å². The van der Waals surface area contributed by atoms with E-state index in [1.165, 1.54) is 0 Å². The summed E-state index contributed by atoms with van der Waals surface area (Å²) in [6, 6.07) is -5.13. The van der Waals surface area contributed by atoms with Crippen molar-refractivity contribution >= 4 is 41.8 Å². The summed E-state index contributed by atoms with van der Waals surface area (Å²) in [5.41, 5.74) is 21.6. The lowest BCUT2D eigenvalue weighted by Crippen LogP contribution is -2.59. The summed E-state index contributed by atoms with van der Waals surface area (Å²) in [5, 5.41) is 10.7. The Bertz CT molecular complexity index is 968. The zero-order chi connectivity index (χ0) is 33.3. The molecule has 246 valence electrons. The minimum atomic E-state index is -1.28. The molecule has 12 N–H and O–H groups in total. The van der Waals surface area contributed by atoms with E-state index in [9.17, 15) is 28.8 Å². The molecule has 0 bridgehead atoms. The molecule has 0 unspecified atom stereocenters. The Hall–Kier alpha value is -3.75. The van der Waals surface area contributed by atoms with Gasteiger partial charge in [-0.25, -0.2) is 0 Å². The molecule has 0 heterocycles. The van der Waals surface area contributed by atoms with Gasteiger partial charge in [-0.15, -0.1) is 0 Å². The number of rotatable bonds is 21. The van der Waals surface area contributed by atoms with E-state index in [1.54, 1.807) is 6.92 Å². The molecule has 0 aromatic rings. The van der Waals surface area contributed by atoms with Crippen LogP contribution in [0, 0.1) is 17.8 Å². The van der Waals surface area contributed by atoms with Gasteiger partial charge in [0.25, 0.3) is 0 Å². The molecule has 0 aliphatic heterocycles. The van der Waals surface area contributed by atoms with Crippen LogP contribution < -0.4 is 44.2 Å². The summed E-state index contributed by atoms with van der Waals surface area (Å²) in [4.78, 5) is 79.3. The van der Waals surface area contributed by atoms with E-state index in [2.05, 4.69) is 26.3 Å².